The molecule has 1 heterocycles. The van der Waals surface area contributed by atoms with E-state index in [2.05, 4.69) is 25.9 Å². The number of amides is 3. The van der Waals surface area contributed by atoms with Crippen molar-refractivity contribution in [1.29, 1.82) is 0 Å². The molecule has 3 atom stereocenters. The van der Waals surface area contributed by atoms with Gasteiger partial charge in [0, 0.05) is 18.3 Å². The molecule has 1 aromatic heterocycles. The molecule has 0 aliphatic rings. The van der Waals surface area contributed by atoms with Crippen molar-refractivity contribution in [2.45, 2.75) is 31.0 Å². The summed E-state index contributed by atoms with van der Waals surface area (Å²) in [6.07, 6.45) is 5.65. The monoisotopic (exact) mass is 414 g/mol. The number of aromatic nitrogens is 2. The molecule has 0 aromatic carbocycles. The van der Waals surface area contributed by atoms with Crippen LogP contribution in [-0.4, -0.2) is 82.4 Å². The van der Waals surface area contributed by atoms with Crippen LogP contribution in [0.5, 0.6) is 0 Å². The molecule has 3 amide bonds. The highest BCUT2D eigenvalue weighted by Gasteiger charge is 2.28. The lowest BCUT2D eigenvalue weighted by atomic mass is 10.1. The summed E-state index contributed by atoms with van der Waals surface area (Å²) < 4.78 is 0. The predicted molar refractivity (Wildman–Crippen MR) is 103 cm³/mol. The van der Waals surface area contributed by atoms with Crippen molar-refractivity contribution < 1.29 is 24.3 Å². The number of imidazole rings is 1. The summed E-state index contributed by atoms with van der Waals surface area (Å²) in [5.74, 6) is -1.13. The first-order valence-corrected chi connectivity index (χ1v) is 9.97. The minimum atomic E-state index is -1.06. The van der Waals surface area contributed by atoms with Crippen LogP contribution in [-0.2, 0) is 25.6 Å². The summed E-state index contributed by atoms with van der Waals surface area (Å²) in [6.45, 7) is -0.839. The van der Waals surface area contributed by atoms with Crippen LogP contribution in [0.15, 0.2) is 12.5 Å². The summed E-state index contributed by atoms with van der Waals surface area (Å²) in [4.78, 5) is 54.3. The Labute approximate surface area is 166 Å². The maximum atomic E-state index is 12.7. The highest BCUT2D eigenvalue weighted by atomic mass is 32.2. The molecule has 0 bridgehead atoms. The number of rotatable bonds is 13. The molecule has 0 saturated carbocycles. The van der Waals surface area contributed by atoms with E-state index in [0.29, 0.717) is 24.2 Å². The first kappa shape index (κ1) is 23.6. The molecule has 0 aliphatic carbocycles. The minimum Gasteiger partial charge on any atom is -0.394 e. The molecule has 0 unspecified atom stereocenters. The number of aliphatic hydroxyl groups is 1. The zero-order chi connectivity index (χ0) is 20.9. The Morgan fingerprint density at radius 2 is 2.00 bits per heavy atom. The van der Waals surface area contributed by atoms with Crippen molar-refractivity contribution in [2.24, 2.45) is 5.73 Å². The fraction of sp³-hybridized carbons (Fsp3) is 0.562. The van der Waals surface area contributed by atoms with Gasteiger partial charge in [-0.3, -0.25) is 14.4 Å². The smallest absolute Gasteiger partial charge is 0.243 e. The van der Waals surface area contributed by atoms with E-state index in [1.807, 2.05) is 6.26 Å². The van der Waals surface area contributed by atoms with Gasteiger partial charge in [-0.15, -0.1) is 0 Å². The second kappa shape index (κ2) is 12.9. The van der Waals surface area contributed by atoms with E-state index in [9.17, 15) is 19.2 Å². The lowest BCUT2D eigenvalue weighted by molar-refractivity contribution is -0.132. The zero-order valence-electron chi connectivity index (χ0n) is 15.5. The van der Waals surface area contributed by atoms with Gasteiger partial charge in [-0.2, -0.15) is 11.8 Å². The largest absolute Gasteiger partial charge is 0.394 e. The maximum absolute atomic E-state index is 12.7. The summed E-state index contributed by atoms with van der Waals surface area (Å²) >= 11 is 1.48. The fourth-order valence-electron chi connectivity index (χ4n) is 2.26. The molecule has 1 aromatic rings. The van der Waals surface area contributed by atoms with Gasteiger partial charge in [-0.05, 0) is 18.4 Å². The number of aldehydes is 1. The molecular formula is C16H26N6O5S. The number of aromatic amines is 1. The lowest BCUT2D eigenvalue weighted by Crippen LogP contribution is -2.56. The molecule has 156 valence electrons. The Hall–Kier alpha value is -2.44. The first-order chi connectivity index (χ1) is 13.4. The third-order valence-corrected chi connectivity index (χ3v) is 4.39. The van der Waals surface area contributed by atoms with E-state index in [-0.39, 0.29) is 13.0 Å². The molecule has 0 spiro atoms. The van der Waals surface area contributed by atoms with Crippen molar-refractivity contribution in [2.75, 3.05) is 25.2 Å². The fourth-order valence-corrected chi connectivity index (χ4v) is 2.73. The summed E-state index contributed by atoms with van der Waals surface area (Å²) in [5.41, 5.74) is 5.92. The van der Waals surface area contributed by atoms with E-state index in [4.69, 9.17) is 10.8 Å². The topological polar surface area (TPSA) is 179 Å². The normalized spacial score (nSPS) is 13.8. The first-order valence-electron chi connectivity index (χ1n) is 8.57. The van der Waals surface area contributed by atoms with E-state index in [0.717, 1.165) is 0 Å². The van der Waals surface area contributed by atoms with E-state index < -0.39 is 42.5 Å². The van der Waals surface area contributed by atoms with Gasteiger partial charge < -0.3 is 36.6 Å². The van der Waals surface area contributed by atoms with Crippen molar-refractivity contribution in [3.8, 4) is 0 Å². The molecular weight excluding hydrogens is 388 g/mol. The number of carbonyl (C=O) groups is 4. The van der Waals surface area contributed by atoms with Gasteiger partial charge in [0.1, 0.15) is 24.4 Å². The van der Waals surface area contributed by atoms with Crippen molar-refractivity contribution in [1.82, 2.24) is 25.9 Å². The van der Waals surface area contributed by atoms with Crippen LogP contribution in [0.25, 0.3) is 0 Å². The second-order valence-electron chi connectivity index (χ2n) is 5.88. The predicted octanol–water partition coefficient (Wildman–Crippen LogP) is -2.69. The van der Waals surface area contributed by atoms with Crippen LogP contribution in [0.2, 0.25) is 0 Å². The van der Waals surface area contributed by atoms with Gasteiger partial charge in [-0.25, -0.2) is 4.98 Å². The number of nitrogens with zero attached hydrogens (tertiary/aromatic N) is 1. The van der Waals surface area contributed by atoms with Crippen LogP contribution in [0.1, 0.15) is 12.1 Å². The van der Waals surface area contributed by atoms with Crippen LogP contribution in [0, 0.1) is 0 Å². The number of H-pyrrole nitrogens is 1. The maximum Gasteiger partial charge on any atom is 0.243 e. The number of hydrogen-bond donors (Lipinski definition) is 6. The summed E-state index contributed by atoms with van der Waals surface area (Å²) in [5, 5.41) is 16.5. The van der Waals surface area contributed by atoms with Crippen LogP contribution < -0.4 is 21.7 Å². The third-order valence-electron chi connectivity index (χ3n) is 3.75. The number of nitrogens with two attached hydrogens (primary N) is 1. The minimum absolute atomic E-state index is 0.127. The Kier molecular flexibility index (Phi) is 10.8. The van der Waals surface area contributed by atoms with E-state index in [1.165, 1.54) is 24.3 Å². The molecule has 0 aliphatic heterocycles. The quantitative estimate of drug-likeness (QED) is 0.189. The van der Waals surface area contributed by atoms with Gasteiger partial charge in [-0.1, -0.05) is 0 Å². The highest BCUT2D eigenvalue weighted by molar-refractivity contribution is 7.98. The SMILES string of the molecule is CSCC[C@H](NC(=O)[C@H](Cc1cnc[nH]1)NC(=O)CN)C(=O)N[C@H](C=O)CO. The molecule has 7 N–H and O–H groups in total. The molecule has 0 saturated heterocycles. The number of carbonyl (C=O) groups excluding carboxylic acids is 4. The standard InChI is InChI=1S/C16H26N6O5S/c1-28-3-2-12(15(26)20-11(7-23)8-24)22-16(27)13(21-14(25)5-17)4-10-6-18-9-19-10/h6-7,9,11-13,24H,2-5,8,17H2,1H3,(H,18,19)(H,20,26)(H,21,25)(H,22,27)/t11-,12+,13+/m1/s1. The van der Waals surface area contributed by atoms with Crippen molar-refractivity contribution in [3.63, 3.8) is 0 Å². The zero-order valence-corrected chi connectivity index (χ0v) is 16.3. The average Bonchev–Trinajstić information content (AvgIpc) is 3.21. The van der Waals surface area contributed by atoms with Gasteiger partial charge in [0.15, 0.2) is 0 Å². The summed E-state index contributed by atoms with van der Waals surface area (Å²) in [7, 11) is 0. The molecule has 0 radical (unpaired) electrons. The van der Waals surface area contributed by atoms with E-state index >= 15 is 0 Å². The Bertz CT molecular complexity index is 641. The number of nitrogens with one attached hydrogen (secondary N) is 4. The van der Waals surface area contributed by atoms with Gasteiger partial charge in [0.25, 0.3) is 0 Å². The third kappa shape index (κ3) is 8.06. The summed E-state index contributed by atoms with van der Waals surface area (Å²) in [6, 6.07) is -2.97. The second-order valence-corrected chi connectivity index (χ2v) is 6.87. The number of aliphatic hydroxyl groups excluding tert-OH is 1. The van der Waals surface area contributed by atoms with Crippen molar-refractivity contribution in [3.05, 3.63) is 18.2 Å². The highest BCUT2D eigenvalue weighted by Crippen LogP contribution is 2.04. The molecule has 11 nitrogen and oxygen atoms in total. The Morgan fingerprint density at radius 3 is 2.54 bits per heavy atom. The van der Waals surface area contributed by atoms with Gasteiger partial charge >= 0.3 is 0 Å². The van der Waals surface area contributed by atoms with Crippen LogP contribution in [0.3, 0.4) is 0 Å². The Morgan fingerprint density at radius 1 is 1.29 bits per heavy atom. The van der Waals surface area contributed by atoms with Gasteiger partial charge in [0.05, 0.1) is 19.5 Å². The Balaban J connectivity index is 2.87. The van der Waals surface area contributed by atoms with Crippen LogP contribution in [0.4, 0.5) is 0 Å². The molecule has 0 fully saturated rings. The van der Waals surface area contributed by atoms with Gasteiger partial charge in [0.2, 0.25) is 17.7 Å². The molecule has 12 heteroatoms. The lowest BCUT2D eigenvalue weighted by Gasteiger charge is -2.23. The average molecular weight is 414 g/mol. The number of thioether (sulfide) groups is 1. The molecule has 28 heavy (non-hydrogen) atoms. The van der Waals surface area contributed by atoms with E-state index in [1.54, 1.807) is 0 Å². The number of hydrogen-bond acceptors (Lipinski definition) is 8. The van der Waals surface area contributed by atoms with Crippen molar-refractivity contribution >= 4 is 35.8 Å². The van der Waals surface area contributed by atoms with Crippen LogP contribution >= 0.6 is 11.8 Å². The molecule has 1 rings (SSSR count).